The summed E-state index contributed by atoms with van der Waals surface area (Å²) >= 11 is 0. The van der Waals surface area contributed by atoms with Crippen molar-refractivity contribution >= 4 is 23.4 Å². The smallest absolute Gasteiger partial charge is 0.330 e. The van der Waals surface area contributed by atoms with Crippen molar-refractivity contribution in [3.63, 3.8) is 0 Å². The lowest BCUT2D eigenvalue weighted by Crippen LogP contribution is -2.38. The summed E-state index contributed by atoms with van der Waals surface area (Å²) in [5.41, 5.74) is 1.20. The summed E-state index contributed by atoms with van der Waals surface area (Å²) in [6, 6.07) is 4.97. The minimum absolute atomic E-state index is 0.0313. The van der Waals surface area contributed by atoms with Crippen LogP contribution in [0.5, 0.6) is 0 Å². The standard InChI is InChI=1S/C18H22N2O6/c1-24-17(21)5-3-13-2-4-15(16(12-13)20(22)23)19-8-6-14(7-9-19)18-25-10-11-26-18/h2-5,12,14,18H,6-11H2,1H3/b5-3+. The Morgan fingerprint density at radius 2 is 2.00 bits per heavy atom. The zero-order chi connectivity index (χ0) is 18.5. The molecule has 3 rings (SSSR count). The van der Waals surface area contributed by atoms with Crippen LogP contribution in [0.4, 0.5) is 11.4 Å². The van der Waals surface area contributed by atoms with Gasteiger partial charge in [-0.15, -0.1) is 0 Å². The van der Waals surface area contributed by atoms with E-state index in [-0.39, 0.29) is 16.9 Å². The van der Waals surface area contributed by atoms with Crippen LogP contribution in [0.3, 0.4) is 0 Å². The summed E-state index contributed by atoms with van der Waals surface area (Å²) in [6.07, 6.45) is 4.34. The fraction of sp³-hybridized carbons (Fsp3) is 0.500. The third kappa shape index (κ3) is 4.20. The lowest BCUT2D eigenvalue weighted by molar-refractivity contribution is -0.384. The van der Waals surface area contributed by atoms with Crippen LogP contribution in [0.25, 0.3) is 6.08 Å². The molecule has 0 aromatic heterocycles. The van der Waals surface area contributed by atoms with Crippen molar-refractivity contribution in [2.24, 2.45) is 5.92 Å². The molecule has 0 spiro atoms. The fourth-order valence-electron chi connectivity index (χ4n) is 3.35. The van der Waals surface area contributed by atoms with Gasteiger partial charge >= 0.3 is 5.97 Å². The Morgan fingerprint density at radius 3 is 2.62 bits per heavy atom. The van der Waals surface area contributed by atoms with Crippen LogP contribution in [-0.4, -0.2) is 50.6 Å². The Kier molecular flexibility index (Phi) is 5.85. The molecule has 1 aromatic carbocycles. The predicted octanol–water partition coefficient (Wildman–Crippen LogP) is 2.37. The molecule has 2 aliphatic heterocycles. The van der Waals surface area contributed by atoms with E-state index < -0.39 is 5.97 Å². The Morgan fingerprint density at radius 1 is 1.31 bits per heavy atom. The minimum Gasteiger partial charge on any atom is -0.466 e. The van der Waals surface area contributed by atoms with Gasteiger partial charge in [-0.05, 0) is 30.5 Å². The molecule has 26 heavy (non-hydrogen) atoms. The normalized spacial score (nSPS) is 19.2. The van der Waals surface area contributed by atoms with E-state index in [1.807, 2.05) is 4.90 Å². The van der Waals surface area contributed by atoms with E-state index in [0.717, 1.165) is 12.8 Å². The number of piperidine rings is 1. The van der Waals surface area contributed by atoms with Gasteiger partial charge in [0.05, 0.1) is 25.2 Å². The number of carbonyl (C=O) groups excluding carboxylic acids is 1. The highest BCUT2D eigenvalue weighted by atomic mass is 16.7. The molecule has 0 amide bonds. The van der Waals surface area contributed by atoms with Crippen LogP contribution in [0, 0.1) is 16.0 Å². The van der Waals surface area contributed by atoms with Crippen LogP contribution in [0.15, 0.2) is 24.3 Å². The van der Waals surface area contributed by atoms with Gasteiger partial charge in [0.1, 0.15) is 5.69 Å². The summed E-state index contributed by atoms with van der Waals surface area (Å²) < 4.78 is 15.7. The van der Waals surface area contributed by atoms with Crippen molar-refractivity contribution in [2.75, 3.05) is 38.3 Å². The maximum Gasteiger partial charge on any atom is 0.330 e. The average molecular weight is 362 g/mol. The zero-order valence-corrected chi connectivity index (χ0v) is 14.6. The first kappa shape index (κ1) is 18.3. The maximum atomic E-state index is 11.5. The number of methoxy groups -OCH3 is 1. The highest BCUT2D eigenvalue weighted by molar-refractivity contribution is 5.87. The van der Waals surface area contributed by atoms with Gasteiger partial charge in [0, 0.05) is 31.1 Å². The summed E-state index contributed by atoms with van der Waals surface area (Å²) in [4.78, 5) is 24.3. The summed E-state index contributed by atoms with van der Waals surface area (Å²) in [6.45, 7) is 2.70. The van der Waals surface area contributed by atoms with Gasteiger partial charge < -0.3 is 19.1 Å². The van der Waals surface area contributed by atoms with Crippen molar-refractivity contribution in [2.45, 2.75) is 19.1 Å². The maximum absolute atomic E-state index is 11.5. The number of nitro groups is 1. The van der Waals surface area contributed by atoms with E-state index >= 15 is 0 Å². The second-order valence-corrected chi connectivity index (χ2v) is 6.30. The fourth-order valence-corrected chi connectivity index (χ4v) is 3.35. The number of benzene rings is 1. The lowest BCUT2D eigenvalue weighted by Gasteiger charge is -2.35. The number of esters is 1. The van der Waals surface area contributed by atoms with Gasteiger partial charge in [0.2, 0.25) is 0 Å². The van der Waals surface area contributed by atoms with Crippen LogP contribution >= 0.6 is 0 Å². The molecule has 2 saturated heterocycles. The van der Waals surface area contributed by atoms with E-state index in [2.05, 4.69) is 4.74 Å². The molecular formula is C18H22N2O6. The molecule has 0 N–H and O–H groups in total. The molecule has 0 radical (unpaired) electrons. The van der Waals surface area contributed by atoms with Gasteiger partial charge in [-0.25, -0.2) is 4.79 Å². The molecule has 140 valence electrons. The van der Waals surface area contributed by atoms with E-state index in [4.69, 9.17) is 9.47 Å². The number of carbonyl (C=O) groups is 1. The number of hydrogen-bond acceptors (Lipinski definition) is 7. The van der Waals surface area contributed by atoms with Gasteiger partial charge in [0.25, 0.3) is 5.69 Å². The van der Waals surface area contributed by atoms with Crippen LogP contribution in [0.2, 0.25) is 0 Å². The van der Waals surface area contributed by atoms with E-state index in [1.165, 1.54) is 25.3 Å². The van der Waals surface area contributed by atoms with Crippen LogP contribution in [-0.2, 0) is 19.0 Å². The quantitative estimate of drug-likeness (QED) is 0.344. The zero-order valence-electron chi connectivity index (χ0n) is 14.6. The summed E-state index contributed by atoms with van der Waals surface area (Å²) in [5.74, 6) is -0.176. The largest absolute Gasteiger partial charge is 0.466 e. The van der Waals surface area contributed by atoms with Gasteiger partial charge in [-0.1, -0.05) is 6.07 Å². The summed E-state index contributed by atoms with van der Waals surface area (Å²) in [5, 5.41) is 11.5. The number of anilines is 1. The van der Waals surface area contributed by atoms with Gasteiger partial charge in [-0.2, -0.15) is 0 Å². The molecule has 2 heterocycles. The number of rotatable bonds is 5. The third-order valence-corrected chi connectivity index (χ3v) is 4.72. The first-order chi connectivity index (χ1) is 12.6. The van der Waals surface area contributed by atoms with E-state index in [9.17, 15) is 14.9 Å². The average Bonchev–Trinajstić information content (AvgIpc) is 3.20. The molecule has 0 atom stereocenters. The van der Waals surface area contributed by atoms with Crippen molar-refractivity contribution in [3.05, 3.63) is 40.0 Å². The third-order valence-electron chi connectivity index (χ3n) is 4.72. The Labute approximate surface area is 151 Å². The number of ether oxygens (including phenoxy) is 3. The molecule has 8 heteroatoms. The summed E-state index contributed by atoms with van der Waals surface area (Å²) in [7, 11) is 1.28. The minimum atomic E-state index is -0.504. The second-order valence-electron chi connectivity index (χ2n) is 6.30. The topological polar surface area (TPSA) is 91.1 Å². The number of nitrogens with zero attached hydrogens (tertiary/aromatic N) is 2. The Hall–Kier alpha value is -2.45. The molecule has 2 aliphatic rings. The van der Waals surface area contributed by atoms with Crippen molar-refractivity contribution < 1.29 is 23.9 Å². The molecule has 0 unspecified atom stereocenters. The Balaban J connectivity index is 1.72. The van der Waals surface area contributed by atoms with Crippen molar-refractivity contribution in [1.82, 2.24) is 0 Å². The Bertz CT molecular complexity index is 691. The number of nitro benzene ring substituents is 1. The molecular weight excluding hydrogens is 340 g/mol. The molecule has 2 fully saturated rings. The first-order valence-electron chi connectivity index (χ1n) is 8.61. The SMILES string of the molecule is COC(=O)/C=C/c1ccc(N2CCC(C3OCCO3)CC2)c([N+](=O)[O-])c1. The van der Waals surface area contributed by atoms with E-state index in [0.29, 0.717) is 43.5 Å². The lowest BCUT2D eigenvalue weighted by atomic mass is 9.95. The van der Waals surface area contributed by atoms with Gasteiger partial charge in [-0.3, -0.25) is 10.1 Å². The molecule has 0 saturated carbocycles. The van der Waals surface area contributed by atoms with Crippen molar-refractivity contribution in [3.8, 4) is 0 Å². The monoisotopic (exact) mass is 362 g/mol. The number of hydrogen-bond donors (Lipinski definition) is 0. The predicted molar refractivity (Wildman–Crippen MR) is 94.8 cm³/mol. The molecule has 0 bridgehead atoms. The second kappa shape index (κ2) is 8.29. The van der Waals surface area contributed by atoms with Crippen LogP contribution < -0.4 is 4.90 Å². The molecule has 8 nitrogen and oxygen atoms in total. The highest BCUT2D eigenvalue weighted by Gasteiger charge is 2.32. The van der Waals surface area contributed by atoms with Gasteiger partial charge in [0.15, 0.2) is 6.29 Å². The van der Waals surface area contributed by atoms with Crippen LogP contribution in [0.1, 0.15) is 18.4 Å². The highest BCUT2D eigenvalue weighted by Crippen LogP contribution is 2.34. The van der Waals surface area contributed by atoms with Crippen molar-refractivity contribution in [1.29, 1.82) is 0 Å². The van der Waals surface area contributed by atoms with E-state index in [1.54, 1.807) is 12.1 Å². The first-order valence-corrected chi connectivity index (χ1v) is 8.61. The molecule has 1 aromatic rings. The molecule has 0 aliphatic carbocycles.